The second kappa shape index (κ2) is 13.3. The van der Waals surface area contributed by atoms with E-state index in [1.54, 1.807) is 17.8 Å². The maximum atomic E-state index is 14.1. The first kappa shape index (κ1) is 28.3. The van der Waals surface area contributed by atoms with Crippen LogP contribution in [0.1, 0.15) is 31.7 Å². The van der Waals surface area contributed by atoms with Crippen molar-refractivity contribution in [1.82, 2.24) is 20.2 Å². The molecule has 3 aromatic rings. The van der Waals surface area contributed by atoms with Crippen LogP contribution < -0.4 is 10.7 Å². The van der Waals surface area contributed by atoms with Crippen molar-refractivity contribution in [3.05, 3.63) is 71.8 Å². The molecule has 0 aliphatic carbocycles. The van der Waals surface area contributed by atoms with Gasteiger partial charge in [-0.05, 0) is 24.5 Å². The Hall–Kier alpha value is -4.32. The molecule has 1 atom stereocenters. The molecular weight excluding hydrogens is 500 g/mol. The van der Waals surface area contributed by atoms with E-state index in [0.717, 1.165) is 22.3 Å². The van der Waals surface area contributed by atoms with E-state index < -0.39 is 35.6 Å². The quantitative estimate of drug-likeness (QED) is 0.302. The molecular formula is C26H29F2N5O5. The highest BCUT2D eigenvalue weighted by atomic mass is 19.2. The number of ether oxygens (including phenoxy) is 1. The van der Waals surface area contributed by atoms with Gasteiger partial charge in [0.25, 0.3) is 0 Å². The average Bonchev–Trinajstić information content (AvgIpc) is 3.24. The number of nitrogens with zero attached hydrogens (tertiary/aromatic N) is 3. The molecule has 2 aromatic carbocycles. The number of carbonyl (C=O) groups excluding carboxylic acids is 2. The van der Waals surface area contributed by atoms with Crippen LogP contribution in [-0.4, -0.2) is 50.5 Å². The zero-order valence-electron chi connectivity index (χ0n) is 21.0. The number of carboxylic acid groups (broad SMARTS) is 1. The van der Waals surface area contributed by atoms with Gasteiger partial charge in [-0.1, -0.05) is 42.5 Å². The molecule has 0 bridgehead atoms. The van der Waals surface area contributed by atoms with Crippen LogP contribution >= 0.6 is 0 Å². The van der Waals surface area contributed by atoms with Crippen molar-refractivity contribution in [3.63, 3.8) is 0 Å². The Bertz CT molecular complexity index is 1270. The first-order valence-electron chi connectivity index (χ1n) is 11.9. The van der Waals surface area contributed by atoms with Crippen LogP contribution in [-0.2, 0) is 27.9 Å². The summed E-state index contributed by atoms with van der Waals surface area (Å²) in [7, 11) is 1.73. The summed E-state index contributed by atoms with van der Waals surface area (Å²) in [4.78, 5) is 35.9. The summed E-state index contributed by atoms with van der Waals surface area (Å²) in [5.74, 6) is -3.32. The SMILES string of the molecule is CC(=O)N(NCc1cccc(F)c1F)[C@@H](CCCC(=O)O)COC(=O)Nc1cc(-c2ccccc2)n(C)n1. The van der Waals surface area contributed by atoms with Gasteiger partial charge in [0.1, 0.15) is 6.61 Å². The fraction of sp³-hybridized carbons (Fsp3) is 0.308. The maximum absolute atomic E-state index is 14.1. The molecule has 202 valence electrons. The van der Waals surface area contributed by atoms with Crippen LogP contribution in [0.15, 0.2) is 54.6 Å². The summed E-state index contributed by atoms with van der Waals surface area (Å²) >= 11 is 0. The van der Waals surface area contributed by atoms with E-state index in [9.17, 15) is 23.2 Å². The van der Waals surface area contributed by atoms with Gasteiger partial charge in [-0.3, -0.25) is 24.6 Å². The summed E-state index contributed by atoms with van der Waals surface area (Å²) in [6, 6.07) is 14.0. The number of benzene rings is 2. The molecule has 3 rings (SSSR count). The maximum Gasteiger partial charge on any atom is 0.412 e. The second-order valence-electron chi connectivity index (χ2n) is 8.50. The lowest BCUT2D eigenvalue weighted by molar-refractivity contribution is -0.137. The zero-order chi connectivity index (χ0) is 27.7. The van der Waals surface area contributed by atoms with Crippen molar-refractivity contribution in [2.24, 2.45) is 7.05 Å². The monoisotopic (exact) mass is 529 g/mol. The molecule has 0 radical (unpaired) electrons. The first-order valence-corrected chi connectivity index (χ1v) is 11.9. The molecule has 1 aromatic heterocycles. The van der Waals surface area contributed by atoms with Gasteiger partial charge in [0.2, 0.25) is 5.91 Å². The van der Waals surface area contributed by atoms with Gasteiger partial charge >= 0.3 is 12.1 Å². The number of carbonyl (C=O) groups is 3. The summed E-state index contributed by atoms with van der Waals surface area (Å²) in [5.41, 5.74) is 4.41. The summed E-state index contributed by atoms with van der Waals surface area (Å²) in [6.07, 6.45) is -0.639. The highest BCUT2D eigenvalue weighted by molar-refractivity contribution is 5.84. The molecule has 0 saturated heterocycles. The number of nitrogens with one attached hydrogen (secondary N) is 2. The normalized spacial score (nSPS) is 11.6. The predicted octanol–water partition coefficient (Wildman–Crippen LogP) is 4.09. The van der Waals surface area contributed by atoms with Crippen molar-refractivity contribution in [2.75, 3.05) is 11.9 Å². The number of aromatic nitrogens is 2. The van der Waals surface area contributed by atoms with Crippen LogP contribution in [0, 0.1) is 11.6 Å². The third-order valence-corrected chi connectivity index (χ3v) is 5.69. The number of hydrogen-bond donors (Lipinski definition) is 3. The van der Waals surface area contributed by atoms with Gasteiger partial charge in [-0.2, -0.15) is 5.10 Å². The standard InChI is InChI=1S/C26H29F2N5O5/c1-17(34)33(29-15-19-10-6-12-21(27)25(19)28)20(11-7-13-24(35)36)16-38-26(37)30-23-14-22(32(2)31-23)18-8-4-3-5-9-18/h3-6,8-10,12,14,20,29H,7,11,13,15-16H2,1-2H3,(H,35,36)(H,30,31,37)/t20-/m0/s1. The van der Waals surface area contributed by atoms with Crippen LogP contribution in [0.25, 0.3) is 11.3 Å². The van der Waals surface area contributed by atoms with Gasteiger partial charge in [-0.25, -0.2) is 19.0 Å². The third-order valence-electron chi connectivity index (χ3n) is 5.69. The summed E-state index contributed by atoms with van der Waals surface area (Å²) in [5, 5.41) is 16.9. The van der Waals surface area contributed by atoms with E-state index in [1.807, 2.05) is 30.3 Å². The highest BCUT2D eigenvalue weighted by Gasteiger charge is 2.24. The van der Waals surface area contributed by atoms with Crippen LogP contribution in [0.4, 0.5) is 19.4 Å². The number of rotatable bonds is 12. The average molecular weight is 530 g/mol. The van der Waals surface area contributed by atoms with Gasteiger partial charge in [0.15, 0.2) is 17.5 Å². The molecule has 3 N–H and O–H groups in total. The fourth-order valence-corrected chi connectivity index (χ4v) is 3.85. The van der Waals surface area contributed by atoms with Crippen molar-refractivity contribution in [1.29, 1.82) is 0 Å². The predicted molar refractivity (Wildman–Crippen MR) is 135 cm³/mol. The molecule has 0 aliphatic heterocycles. The van der Waals surface area contributed by atoms with E-state index in [4.69, 9.17) is 9.84 Å². The highest BCUT2D eigenvalue weighted by Crippen LogP contribution is 2.22. The number of aliphatic carboxylic acids is 1. The molecule has 1 heterocycles. The van der Waals surface area contributed by atoms with Crippen LogP contribution in [0.5, 0.6) is 0 Å². The molecule has 38 heavy (non-hydrogen) atoms. The van der Waals surface area contributed by atoms with E-state index in [0.29, 0.717) is 0 Å². The minimum absolute atomic E-state index is 0.0106. The van der Waals surface area contributed by atoms with E-state index in [1.165, 1.54) is 19.1 Å². The first-order chi connectivity index (χ1) is 18.2. The molecule has 0 fully saturated rings. The number of amides is 2. The Balaban J connectivity index is 1.66. The number of hydrazine groups is 1. The van der Waals surface area contributed by atoms with E-state index in [2.05, 4.69) is 15.8 Å². The Labute approximate surface area is 218 Å². The number of halogens is 2. The number of aryl methyl sites for hydroxylation is 1. The lowest BCUT2D eigenvalue weighted by Crippen LogP contribution is -2.50. The summed E-state index contributed by atoms with van der Waals surface area (Å²) in [6.45, 7) is 0.737. The molecule has 12 heteroatoms. The molecule has 0 saturated carbocycles. The van der Waals surface area contributed by atoms with Crippen molar-refractivity contribution in [2.45, 2.75) is 38.8 Å². The van der Waals surface area contributed by atoms with E-state index in [-0.39, 0.29) is 43.8 Å². The molecule has 0 aliphatic rings. The lowest BCUT2D eigenvalue weighted by atomic mass is 10.1. The fourth-order valence-electron chi connectivity index (χ4n) is 3.85. The number of hydrogen-bond acceptors (Lipinski definition) is 6. The van der Waals surface area contributed by atoms with Crippen LogP contribution in [0.3, 0.4) is 0 Å². The largest absolute Gasteiger partial charge is 0.481 e. The van der Waals surface area contributed by atoms with Gasteiger partial charge in [0.05, 0.1) is 11.7 Å². The molecule has 0 unspecified atom stereocenters. The van der Waals surface area contributed by atoms with Crippen molar-refractivity contribution in [3.8, 4) is 11.3 Å². The van der Waals surface area contributed by atoms with Crippen molar-refractivity contribution >= 4 is 23.8 Å². The topological polar surface area (TPSA) is 126 Å². The van der Waals surface area contributed by atoms with Gasteiger partial charge in [0, 0.05) is 38.6 Å². The minimum Gasteiger partial charge on any atom is -0.481 e. The summed E-state index contributed by atoms with van der Waals surface area (Å²) < 4.78 is 34.6. The molecule has 2 amide bonds. The smallest absolute Gasteiger partial charge is 0.412 e. The zero-order valence-corrected chi connectivity index (χ0v) is 21.0. The van der Waals surface area contributed by atoms with Crippen molar-refractivity contribution < 1.29 is 33.0 Å². The lowest BCUT2D eigenvalue weighted by Gasteiger charge is -2.31. The Morgan fingerprint density at radius 2 is 1.87 bits per heavy atom. The number of carboxylic acids is 1. The minimum atomic E-state index is -1.05. The Kier molecular flexibility index (Phi) is 9.88. The van der Waals surface area contributed by atoms with E-state index >= 15 is 0 Å². The third kappa shape index (κ3) is 7.84. The van der Waals surface area contributed by atoms with Gasteiger partial charge in [-0.15, -0.1) is 0 Å². The van der Waals surface area contributed by atoms with Gasteiger partial charge < -0.3 is 9.84 Å². The Morgan fingerprint density at radius 3 is 2.55 bits per heavy atom. The second-order valence-corrected chi connectivity index (χ2v) is 8.50. The van der Waals surface area contributed by atoms with Crippen LogP contribution in [0.2, 0.25) is 0 Å². The molecule has 0 spiro atoms. The Morgan fingerprint density at radius 1 is 1.13 bits per heavy atom. The molecule has 10 nitrogen and oxygen atoms in total. The number of anilines is 1.